The summed E-state index contributed by atoms with van der Waals surface area (Å²) in [7, 11) is 1.63. The van der Waals surface area contributed by atoms with Gasteiger partial charge in [0.2, 0.25) is 11.8 Å². The number of aryl methyl sites for hydroxylation is 1. The lowest BCUT2D eigenvalue weighted by Gasteiger charge is -2.33. The lowest BCUT2D eigenvalue weighted by molar-refractivity contribution is -0.142. The highest BCUT2D eigenvalue weighted by Crippen LogP contribution is 2.20. The van der Waals surface area contributed by atoms with Crippen molar-refractivity contribution in [3.8, 4) is 11.5 Å². The maximum atomic E-state index is 13.4. The van der Waals surface area contributed by atoms with Gasteiger partial charge in [-0.15, -0.1) is 0 Å². The van der Waals surface area contributed by atoms with Gasteiger partial charge in [0.1, 0.15) is 17.5 Å². The van der Waals surface area contributed by atoms with E-state index in [0.717, 1.165) is 42.7 Å². The fourth-order valence-corrected chi connectivity index (χ4v) is 4.58. The Balaban J connectivity index is 1.62. The highest BCUT2D eigenvalue weighted by atomic mass is 16.5. The van der Waals surface area contributed by atoms with Gasteiger partial charge in [0.25, 0.3) is 0 Å². The molecule has 0 saturated heterocycles. The first-order chi connectivity index (χ1) is 17.0. The molecule has 2 aromatic rings. The number of carbonyl (C=O) groups is 2. The van der Waals surface area contributed by atoms with Crippen LogP contribution in [0.15, 0.2) is 48.5 Å². The van der Waals surface area contributed by atoms with Crippen LogP contribution >= 0.6 is 0 Å². The molecule has 1 fully saturated rings. The molecular formula is C29H40N2O4. The van der Waals surface area contributed by atoms with Gasteiger partial charge in [0, 0.05) is 19.0 Å². The van der Waals surface area contributed by atoms with Crippen molar-refractivity contribution >= 4 is 11.8 Å². The van der Waals surface area contributed by atoms with E-state index >= 15 is 0 Å². The van der Waals surface area contributed by atoms with Gasteiger partial charge in [-0.05, 0) is 62.4 Å². The van der Waals surface area contributed by atoms with E-state index in [2.05, 4.69) is 5.32 Å². The van der Waals surface area contributed by atoms with E-state index in [0.29, 0.717) is 32.4 Å². The summed E-state index contributed by atoms with van der Waals surface area (Å²) < 4.78 is 11.0. The molecule has 1 N–H and O–H groups in total. The zero-order valence-corrected chi connectivity index (χ0v) is 21.4. The number of hydrogen-bond acceptors (Lipinski definition) is 4. The van der Waals surface area contributed by atoms with Crippen LogP contribution < -0.4 is 14.8 Å². The van der Waals surface area contributed by atoms with E-state index in [1.807, 2.05) is 62.4 Å². The topological polar surface area (TPSA) is 67.9 Å². The van der Waals surface area contributed by atoms with E-state index < -0.39 is 6.04 Å². The second-order valence-corrected chi connectivity index (χ2v) is 9.40. The van der Waals surface area contributed by atoms with Crippen LogP contribution in [-0.2, 0) is 16.1 Å². The fourth-order valence-electron chi connectivity index (χ4n) is 4.58. The molecule has 6 nitrogen and oxygen atoms in total. The Morgan fingerprint density at radius 1 is 1.00 bits per heavy atom. The van der Waals surface area contributed by atoms with Crippen LogP contribution in [0.2, 0.25) is 0 Å². The van der Waals surface area contributed by atoms with Crippen LogP contribution in [0.5, 0.6) is 11.5 Å². The third-order valence-electron chi connectivity index (χ3n) is 6.67. The molecule has 0 spiro atoms. The number of nitrogens with one attached hydrogen (secondary N) is 1. The third-order valence-corrected chi connectivity index (χ3v) is 6.67. The fraction of sp³-hybridized carbons (Fsp3) is 0.517. The minimum atomic E-state index is -0.478. The molecule has 3 rings (SSSR count). The van der Waals surface area contributed by atoms with Crippen molar-refractivity contribution in [3.63, 3.8) is 0 Å². The highest BCUT2D eigenvalue weighted by molar-refractivity contribution is 5.87. The molecule has 0 bridgehead atoms. The predicted molar refractivity (Wildman–Crippen MR) is 139 cm³/mol. The number of benzene rings is 2. The summed E-state index contributed by atoms with van der Waals surface area (Å²) in [4.78, 5) is 28.4. The van der Waals surface area contributed by atoms with Gasteiger partial charge in [-0.25, -0.2) is 0 Å². The van der Waals surface area contributed by atoms with Crippen LogP contribution in [0.3, 0.4) is 0 Å². The number of carbonyl (C=O) groups excluding carboxylic acids is 2. The molecule has 1 atom stereocenters. The standard InChI is InChI=1S/C29H40N2O4/c1-4-27(29(33)30-24-9-6-5-7-10-24)31(21-23-14-12-22(2)13-15-23)28(32)11-8-20-35-26-18-16-25(34-3)17-19-26/h12-19,24,27H,4-11,20-21H2,1-3H3,(H,30,33)/t27-/m1/s1. The van der Waals surface area contributed by atoms with Crippen LogP contribution in [0.1, 0.15) is 69.4 Å². The second-order valence-electron chi connectivity index (χ2n) is 9.40. The molecule has 0 aromatic heterocycles. The summed E-state index contributed by atoms with van der Waals surface area (Å²) in [6.45, 7) is 4.88. The Morgan fingerprint density at radius 3 is 2.29 bits per heavy atom. The Hall–Kier alpha value is -3.02. The van der Waals surface area contributed by atoms with Gasteiger partial charge in [0.15, 0.2) is 0 Å². The van der Waals surface area contributed by atoms with Gasteiger partial charge in [-0.1, -0.05) is 56.0 Å². The number of hydrogen-bond donors (Lipinski definition) is 1. The molecule has 190 valence electrons. The van der Waals surface area contributed by atoms with Crippen LogP contribution in [-0.4, -0.2) is 42.5 Å². The van der Waals surface area contributed by atoms with Crippen molar-refractivity contribution in [2.45, 2.75) is 83.8 Å². The van der Waals surface area contributed by atoms with E-state index in [1.54, 1.807) is 12.0 Å². The van der Waals surface area contributed by atoms with Crippen LogP contribution in [0, 0.1) is 6.92 Å². The maximum absolute atomic E-state index is 13.4. The van der Waals surface area contributed by atoms with Crippen LogP contribution in [0.25, 0.3) is 0 Å². The van der Waals surface area contributed by atoms with E-state index in [4.69, 9.17) is 9.47 Å². The van der Waals surface area contributed by atoms with Crippen molar-refractivity contribution < 1.29 is 19.1 Å². The third kappa shape index (κ3) is 8.30. The number of amides is 2. The van der Waals surface area contributed by atoms with Crippen molar-refractivity contribution in [1.29, 1.82) is 0 Å². The number of ether oxygens (including phenoxy) is 2. The maximum Gasteiger partial charge on any atom is 0.243 e. The zero-order valence-electron chi connectivity index (χ0n) is 21.4. The number of methoxy groups -OCH3 is 1. The minimum absolute atomic E-state index is 0.0189. The Kier molecular flexibility index (Phi) is 10.5. The summed E-state index contributed by atoms with van der Waals surface area (Å²) in [6.07, 6.45) is 7.08. The van der Waals surface area contributed by atoms with E-state index in [9.17, 15) is 9.59 Å². The lowest BCUT2D eigenvalue weighted by atomic mass is 9.95. The first-order valence-corrected chi connectivity index (χ1v) is 12.9. The quantitative estimate of drug-likeness (QED) is 0.412. The average Bonchev–Trinajstić information content (AvgIpc) is 2.88. The summed E-state index contributed by atoms with van der Waals surface area (Å²) in [5.41, 5.74) is 2.20. The molecule has 0 aliphatic heterocycles. The van der Waals surface area contributed by atoms with Crippen molar-refractivity contribution in [2.75, 3.05) is 13.7 Å². The second kappa shape index (κ2) is 13.8. The van der Waals surface area contributed by atoms with E-state index in [1.165, 1.54) is 12.0 Å². The largest absolute Gasteiger partial charge is 0.497 e. The molecule has 0 unspecified atom stereocenters. The molecule has 0 radical (unpaired) electrons. The molecule has 2 aromatic carbocycles. The van der Waals surface area contributed by atoms with Crippen molar-refractivity contribution in [1.82, 2.24) is 10.2 Å². The zero-order chi connectivity index (χ0) is 25.0. The van der Waals surface area contributed by atoms with E-state index in [-0.39, 0.29) is 17.9 Å². The SMILES string of the molecule is CC[C@H](C(=O)NC1CCCCC1)N(Cc1ccc(C)cc1)C(=O)CCCOc1ccc(OC)cc1. The van der Waals surface area contributed by atoms with Gasteiger partial charge in [-0.3, -0.25) is 9.59 Å². The highest BCUT2D eigenvalue weighted by Gasteiger charge is 2.30. The van der Waals surface area contributed by atoms with Gasteiger partial charge in [0.05, 0.1) is 13.7 Å². The first-order valence-electron chi connectivity index (χ1n) is 12.9. The normalized spacial score (nSPS) is 14.7. The molecule has 1 aliphatic rings. The summed E-state index contributed by atoms with van der Waals surface area (Å²) in [5.74, 6) is 1.47. The number of nitrogens with zero attached hydrogens (tertiary/aromatic N) is 1. The Bertz CT molecular complexity index is 921. The summed E-state index contributed by atoms with van der Waals surface area (Å²) in [6, 6.07) is 15.3. The minimum Gasteiger partial charge on any atom is -0.497 e. The molecule has 1 saturated carbocycles. The molecule has 0 heterocycles. The van der Waals surface area contributed by atoms with Crippen LogP contribution in [0.4, 0.5) is 0 Å². The predicted octanol–water partition coefficient (Wildman–Crippen LogP) is 5.42. The van der Waals surface area contributed by atoms with Gasteiger partial charge < -0.3 is 19.7 Å². The average molecular weight is 481 g/mol. The molecule has 2 amide bonds. The Labute approximate surface area is 210 Å². The molecule has 6 heteroatoms. The lowest BCUT2D eigenvalue weighted by Crippen LogP contribution is -2.51. The first kappa shape index (κ1) is 26.6. The monoisotopic (exact) mass is 480 g/mol. The summed E-state index contributed by atoms with van der Waals surface area (Å²) >= 11 is 0. The van der Waals surface area contributed by atoms with Gasteiger partial charge >= 0.3 is 0 Å². The van der Waals surface area contributed by atoms with Gasteiger partial charge in [-0.2, -0.15) is 0 Å². The van der Waals surface area contributed by atoms with Crippen molar-refractivity contribution in [3.05, 3.63) is 59.7 Å². The smallest absolute Gasteiger partial charge is 0.243 e. The van der Waals surface area contributed by atoms with Crippen molar-refractivity contribution in [2.24, 2.45) is 0 Å². The summed E-state index contributed by atoms with van der Waals surface area (Å²) in [5, 5.41) is 3.23. The molecular weight excluding hydrogens is 440 g/mol. The number of rotatable bonds is 12. The Morgan fingerprint density at radius 2 is 1.66 bits per heavy atom. The molecule has 1 aliphatic carbocycles. The molecule has 35 heavy (non-hydrogen) atoms.